The molecule has 0 aliphatic rings. The summed E-state index contributed by atoms with van der Waals surface area (Å²) in [7, 11) is -0.471. The van der Waals surface area contributed by atoms with Crippen LogP contribution in [0.25, 0.3) is 0 Å². The van der Waals surface area contributed by atoms with Gasteiger partial charge in [0.15, 0.2) is 0 Å². The summed E-state index contributed by atoms with van der Waals surface area (Å²) in [5.74, 6) is -1.85. The fourth-order valence-corrected chi connectivity index (χ4v) is 5.65. The summed E-state index contributed by atoms with van der Waals surface area (Å²) in [5.41, 5.74) is 6.17. The van der Waals surface area contributed by atoms with Crippen LogP contribution in [0, 0.1) is 0 Å². The summed E-state index contributed by atoms with van der Waals surface area (Å²) in [5, 5.41) is 21.2. The van der Waals surface area contributed by atoms with Gasteiger partial charge in [0.1, 0.15) is 0 Å². The molecule has 0 aromatic carbocycles. The number of carboxylic acid groups (broad SMARTS) is 1. The molecule has 0 aromatic heterocycles. The Labute approximate surface area is 356 Å². The molecule has 0 aromatic rings. The largest absolute Gasteiger partial charge is 0.484 e. The molecule has 0 aliphatic carbocycles. The summed E-state index contributed by atoms with van der Waals surface area (Å²) in [6, 6.07) is 0.826. The standard InChI is InChI=1S/C13H26N2O4Si.C10H16N2O2.C7H11NO3.C6H16O3Si.C3H7N/c1-11(2)13(17)15-9-7-12(16)14-8-6-10-20(5,18-3)19-4;1-4-6-11-9(13)5-7-12-10(14)8(2)3;1-5(2)7(11)8-4-3-6(9)10;1-4-7-10(8-5-2)9-6-3;1-2-3-4/h1,6-10H2,2-5H3,(H,14,16)(H,15,17);4H,1-2,5-7H2,3H3,(H,11,13)(H,12,14);1,3-4H2,2H3,(H,8,11)(H,9,10);10H,4-6H2,1-3H3;2H,1,3-4H2. The number of aliphatic carboxylic acids is 1. The average molecular weight is 877 g/mol. The highest BCUT2D eigenvalue weighted by Crippen LogP contribution is 2.12. The van der Waals surface area contributed by atoms with Gasteiger partial charge in [-0.1, -0.05) is 31.9 Å². The van der Waals surface area contributed by atoms with Crippen molar-refractivity contribution in [2.24, 2.45) is 5.73 Å². The van der Waals surface area contributed by atoms with Gasteiger partial charge >= 0.3 is 24.1 Å². The predicted octanol–water partition coefficient (Wildman–Crippen LogP) is 2.41. The first-order valence-electron chi connectivity index (χ1n) is 19.2. The molecule has 8 N–H and O–H groups in total. The minimum absolute atomic E-state index is 0.0565. The van der Waals surface area contributed by atoms with Crippen molar-refractivity contribution in [2.75, 3.05) is 73.3 Å². The lowest BCUT2D eigenvalue weighted by atomic mass is 10.3. The van der Waals surface area contributed by atoms with E-state index in [0.717, 1.165) is 12.5 Å². The molecule has 0 unspecified atom stereocenters. The SMILES string of the molecule is C=C(C)C(=O)NCCC(=O)NCCC[Si](C)(OC)OC.C=C(C)C(=O)NCCC(=O)O.C=CCN.C=CCNC(=O)CCNC(=O)C(=C)C.CCO[SiH](OCC)OCC. The number of nitrogens with two attached hydrogens (primary N) is 1. The van der Waals surface area contributed by atoms with Gasteiger partial charge < -0.3 is 59.6 Å². The summed E-state index contributed by atoms with van der Waals surface area (Å²) < 4.78 is 26.4. The molecule has 0 rings (SSSR count). The van der Waals surface area contributed by atoms with Gasteiger partial charge in [0.05, 0.1) is 6.42 Å². The van der Waals surface area contributed by atoms with Crippen LogP contribution in [-0.2, 0) is 50.9 Å². The van der Waals surface area contributed by atoms with E-state index >= 15 is 0 Å². The molecule has 0 saturated heterocycles. The number of hydrogen-bond acceptors (Lipinski definition) is 12. The molecular formula is C39H76N6O12Si2. The van der Waals surface area contributed by atoms with Crippen molar-refractivity contribution >= 4 is 53.6 Å². The van der Waals surface area contributed by atoms with Crippen LogP contribution < -0.4 is 32.3 Å². The van der Waals surface area contributed by atoms with Crippen LogP contribution in [0.4, 0.5) is 0 Å². The van der Waals surface area contributed by atoms with E-state index in [4.69, 9.17) is 33.0 Å². The number of carbonyl (C=O) groups excluding carboxylic acids is 5. The third-order valence-corrected chi connectivity index (χ3v) is 11.4. The molecule has 0 aliphatic heterocycles. The van der Waals surface area contributed by atoms with Gasteiger partial charge in [-0.25, -0.2) is 0 Å². The Balaban J connectivity index is -0.000000220. The van der Waals surface area contributed by atoms with E-state index in [-0.39, 0.29) is 55.3 Å². The first-order valence-corrected chi connectivity index (χ1v) is 23.1. The number of carbonyl (C=O) groups is 6. The van der Waals surface area contributed by atoms with Gasteiger partial charge in [-0.15, -0.1) is 13.2 Å². The van der Waals surface area contributed by atoms with Crippen LogP contribution in [-0.4, -0.2) is 132 Å². The predicted molar refractivity (Wildman–Crippen MR) is 238 cm³/mol. The second-order valence-electron chi connectivity index (χ2n) is 12.0. The summed E-state index contributed by atoms with van der Waals surface area (Å²) >= 11 is 0. The third-order valence-electron chi connectivity index (χ3n) is 6.57. The Morgan fingerprint density at radius 3 is 1.29 bits per heavy atom. The molecule has 0 bridgehead atoms. The van der Waals surface area contributed by atoms with E-state index in [1.807, 2.05) is 27.3 Å². The maximum atomic E-state index is 11.5. The van der Waals surface area contributed by atoms with Gasteiger partial charge in [0.2, 0.25) is 29.5 Å². The zero-order valence-corrected chi connectivity index (χ0v) is 39.3. The van der Waals surface area contributed by atoms with Gasteiger partial charge in [0, 0.05) is 103 Å². The monoisotopic (exact) mass is 877 g/mol. The number of amides is 5. The van der Waals surface area contributed by atoms with E-state index in [1.165, 1.54) is 0 Å². The fourth-order valence-electron chi connectivity index (χ4n) is 3.15. The Morgan fingerprint density at radius 2 is 1.00 bits per heavy atom. The highest BCUT2D eigenvalue weighted by Gasteiger charge is 2.27. The van der Waals surface area contributed by atoms with Gasteiger partial charge in [-0.05, 0) is 60.6 Å². The second-order valence-corrected chi connectivity index (χ2v) is 17.2. The number of nitrogens with one attached hydrogen (secondary N) is 5. The van der Waals surface area contributed by atoms with E-state index in [9.17, 15) is 28.8 Å². The maximum absolute atomic E-state index is 11.5. The zero-order chi connectivity index (χ0) is 46.7. The number of rotatable bonds is 27. The fraction of sp³-hybridized carbons (Fsp3) is 0.590. The van der Waals surface area contributed by atoms with Gasteiger partial charge in [-0.3, -0.25) is 28.8 Å². The Morgan fingerprint density at radius 1 is 0.644 bits per heavy atom. The minimum Gasteiger partial charge on any atom is -0.481 e. The van der Waals surface area contributed by atoms with Crippen molar-refractivity contribution in [3.05, 3.63) is 61.8 Å². The van der Waals surface area contributed by atoms with Crippen LogP contribution in [0.2, 0.25) is 12.6 Å². The van der Waals surface area contributed by atoms with Crippen LogP contribution in [0.15, 0.2) is 61.8 Å². The van der Waals surface area contributed by atoms with Gasteiger partial charge in [0.25, 0.3) is 0 Å². The molecule has 0 atom stereocenters. The molecule has 18 nitrogen and oxygen atoms in total. The van der Waals surface area contributed by atoms with Gasteiger partial charge in [-0.2, -0.15) is 0 Å². The highest BCUT2D eigenvalue weighted by molar-refractivity contribution is 6.65. The normalized spacial score (nSPS) is 9.75. The molecule has 20 heteroatoms. The molecule has 0 spiro atoms. The van der Waals surface area contributed by atoms with E-state index < -0.39 is 24.1 Å². The Bertz CT molecular complexity index is 1240. The summed E-state index contributed by atoms with van der Waals surface area (Å²) in [4.78, 5) is 65.4. The quantitative estimate of drug-likeness (QED) is 0.0271. The number of carboxylic acids is 1. The molecule has 0 saturated carbocycles. The number of hydrogen-bond donors (Lipinski definition) is 7. The van der Waals surface area contributed by atoms with Crippen molar-refractivity contribution in [3.8, 4) is 0 Å². The topological polar surface area (TPSA) is 255 Å². The Kier molecular flexibility index (Phi) is 48.5. The van der Waals surface area contributed by atoms with E-state index in [1.54, 1.807) is 47.1 Å². The van der Waals surface area contributed by atoms with Crippen molar-refractivity contribution in [3.63, 3.8) is 0 Å². The van der Waals surface area contributed by atoms with Crippen LogP contribution in [0.3, 0.4) is 0 Å². The lowest BCUT2D eigenvalue weighted by Crippen LogP contribution is -2.37. The van der Waals surface area contributed by atoms with Crippen molar-refractivity contribution < 1.29 is 56.0 Å². The van der Waals surface area contributed by atoms with E-state index in [2.05, 4.69) is 59.5 Å². The average Bonchev–Trinajstić information content (AvgIpc) is 3.19. The summed E-state index contributed by atoms with van der Waals surface area (Å²) in [6.07, 6.45) is 4.55. The smallest absolute Gasteiger partial charge is 0.481 e. The molecular weight excluding hydrogens is 801 g/mol. The minimum atomic E-state index is -2.04. The first kappa shape index (κ1) is 63.9. The van der Waals surface area contributed by atoms with Crippen molar-refractivity contribution in [2.45, 2.75) is 79.8 Å². The lowest BCUT2D eigenvalue weighted by molar-refractivity contribution is -0.137. The van der Waals surface area contributed by atoms with Crippen LogP contribution in [0.5, 0.6) is 0 Å². The lowest BCUT2D eigenvalue weighted by Gasteiger charge is -2.22. The third kappa shape index (κ3) is 49.8. The zero-order valence-electron chi connectivity index (χ0n) is 37.2. The Hall–Kier alpha value is -4.29. The van der Waals surface area contributed by atoms with Crippen molar-refractivity contribution in [1.82, 2.24) is 26.6 Å². The molecule has 0 radical (unpaired) electrons. The second kappa shape index (κ2) is 44.8. The van der Waals surface area contributed by atoms with Crippen LogP contribution in [0.1, 0.15) is 67.2 Å². The summed E-state index contributed by atoms with van der Waals surface area (Å²) in [6.45, 7) is 34.3. The molecule has 0 heterocycles. The molecule has 0 fully saturated rings. The molecule has 342 valence electrons. The first-order chi connectivity index (χ1) is 27.7. The molecule has 5 amide bonds. The maximum Gasteiger partial charge on any atom is 0.484 e. The van der Waals surface area contributed by atoms with Crippen LogP contribution >= 0.6 is 0 Å². The van der Waals surface area contributed by atoms with Crippen molar-refractivity contribution in [1.29, 1.82) is 0 Å². The molecule has 59 heavy (non-hydrogen) atoms. The highest BCUT2D eigenvalue weighted by atomic mass is 28.4. The van der Waals surface area contributed by atoms with E-state index in [0.29, 0.717) is 69.3 Å².